The van der Waals surface area contributed by atoms with E-state index < -0.39 is 58.3 Å². The molecule has 7 nitrogen and oxygen atoms in total. The zero-order valence-corrected chi connectivity index (χ0v) is 17.6. The summed E-state index contributed by atoms with van der Waals surface area (Å²) in [4.78, 5) is 26.0. The third-order valence-electron chi connectivity index (χ3n) is 7.52. The van der Waals surface area contributed by atoms with Gasteiger partial charge in [-0.1, -0.05) is 0 Å². The molecule has 1 aromatic carbocycles. The first-order chi connectivity index (χ1) is 15.0. The summed E-state index contributed by atoms with van der Waals surface area (Å²) in [6.45, 7) is 1.69. The maximum Gasteiger partial charge on any atom is 0.341 e. The SMILES string of the molecule is Cc1c(N2CC(F)C(C3(N)CCC3)C2)c(F)c(N)c2c(=O)c(C(=O)O)cn([C@@H]3C[C@H]3F)c12. The molecule has 3 aliphatic rings. The fourth-order valence-corrected chi connectivity index (χ4v) is 5.45. The lowest BCUT2D eigenvalue weighted by molar-refractivity contribution is 0.0694. The van der Waals surface area contributed by atoms with E-state index in [1.807, 2.05) is 0 Å². The number of carboxylic acids is 1. The molecule has 4 atom stereocenters. The van der Waals surface area contributed by atoms with Gasteiger partial charge in [-0.3, -0.25) is 4.79 Å². The molecule has 1 saturated heterocycles. The van der Waals surface area contributed by atoms with Gasteiger partial charge in [0.2, 0.25) is 5.43 Å². The van der Waals surface area contributed by atoms with Crippen molar-refractivity contribution in [3.63, 3.8) is 0 Å². The number of nitrogen functional groups attached to an aromatic ring is 1. The summed E-state index contributed by atoms with van der Waals surface area (Å²) in [5, 5.41) is 9.15. The van der Waals surface area contributed by atoms with Gasteiger partial charge in [-0.15, -0.1) is 0 Å². The summed E-state index contributed by atoms with van der Waals surface area (Å²) in [7, 11) is 0. The van der Waals surface area contributed by atoms with Crippen LogP contribution in [0.15, 0.2) is 11.0 Å². The van der Waals surface area contributed by atoms with Crippen LogP contribution in [0, 0.1) is 18.7 Å². The average molecular weight is 450 g/mol. The predicted octanol–water partition coefficient (Wildman–Crippen LogP) is 2.67. The van der Waals surface area contributed by atoms with Crippen LogP contribution in [0.25, 0.3) is 10.9 Å². The van der Waals surface area contributed by atoms with Crippen LogP contribution in [0.5, 0.6) is 0 Å². The maximum absolute atomic E-state index is 15.5. The molecule has 0 bridgehead atoms. The second kappa shape index (κ2) is 6.87. The summed E-state index contributed by atoms with van der Waals surface area (Å²) < 4.78 is 45.8. The highest BCUT2D eigenvalue weighted by Crippen LogP contribution is 2.47. The summed E-state index contributed by atoms with van der Waals surface area (Å²) in [5.74, 6) is -2.86. The number of aryl methyl sites for hydroxylation is 1. The van der Waals surface area contributed by atoms with Crippen molar-refractivity contribution in [2.45, 2.75) is 56.5 Å². The highest BCUT2D eigenvalue weighted by molar-refractivity contribution is 6.01. The minimum Gasteiger partial charge on any atom is -0.477 e. The number of hydrogen-bond donors (Lipinski definition) is 3. The molecule has 0 spiro atoms. The van der Waals surface area contributed by atoms with E-state index in [4.69, 9.17) is 11.5 Å². The Morgan fingerprint density at radius 1 is 1.25 bits per heavy atom. The number of aromatic carboxylic acids is 1. The molecular formula is C22H25F3N4O3. The van der Waals surface area contributed by atoms with Crippen LogP contribution in [0.2, 0.25) is 0 Å². The van der Waals surface area contributed by atoms with Crippen LogP contribution in [0.3, 0.4) is 0 Å². The van der Waals surface area contributed by atoms with Crippen molar-refractivity contribution < 1.29 is 23.1 Å². The van der Waals surface area contributed by atoms with E-state index >= 15 is 4.39 Å². The number of nitrogens with zero attached hydrogens (tertiary/aromatic N) is 2. The van der Waals surface area contributed by atoms with Crippen LogP contribution in [0.1, 0.15) is 47.6 Å². The molecular weight excluding hydrogens is 425 g/mol. The highest BCUT2D eigenvalue weighted by atomic mass is 19.1. The van der Waals surface area contributed by atoms with E-state index in [0.717, 1.165) is 12.6 Å². The Labute approximate surface area is 181 Å². The lowest BCUT2D eigenvalue weighted by atomic mass is 9.68. The Kier molecular flexibility index (Phi) is 4.53. The number of alkyl halides is 2. The van der Waals surface area contributed by atoms with Gasteiger partial charge in [0.15, 0.2) is 5.82 Å². The van der Waals surface area contributed by atoms with Crippen LogP contribution in [0.4, 0.5) is 24.5 Å². The van der Waals surface area contributed by atoms with Crippen molar-refractivity contribution in [2.75, 3.05) is 23.7 Å². The third kappa shape index (κ3) is 2.84. The number of benzene rings is 1. The first kappa shape index (κ1) is 21.1. The third-order valence-corrected chi connectivity index (χ3v) is 7.52. The second-order valence-corrected chi connectivity index (χ2v) is 9.44. The average Bonchev–Trinajstić information content (AvgIpc) is 3.31. The number of pyridine rings is 1. The number of halogens is 3. The smallest absolute Gasteiger partial charge is 0.341 e. The van der Waals surface area contributed by atoms with E-state index in [1.54, 1.807) is 11.8 Å². The molecule has 5 N–H and O–H groups in total. The number of nitrogens with two attached hydrogens (primary N) is 2. The highest BCUT2D eigenvalue weighted by Gasteiger charge is 2.50. The minimum atomic E-state index is -1.50. The molecule has 2 aromatic rings. The summed E-state index contributed by atoms with van der Waals surface area (Å²) in [6.07, 6.45) is 1.15. The Balaban J connectivity index is 1.71. The van der Waals surface area contributed by atoms with Gasteiger partial charge in [-0.2, -0.15) is 0 Å². The minimum absolute atomic E-state index is 0.0513. The monoisotopic (exact) mass is 450 g/mol. The van der Waals surface area contributed by atoms with E-state index in [2.05, 4.69) is 0 Å². The Morgan fingerprint density at radius 2 is 1.91 bits per heavy atom. The molecule has 0 amide bonds. The van der Waals surface area contributed by atoms with Gasteiger partial charge in [-0.05, 0) is 31.7 Å². The van der Waals surface area contributed by atoms with Crippen molar-refractivity contribution >= 4 is 28.2 Å². The normalized spacial score (nSPS) is 28.7. The lowest BCUT2D eigenvalue weighted by Crippen LogP contribution is -2.56. The quantitative estimate of drug-likeness (QED) is 0.617. The molecule has 2 aliphatic carbocycles. The van der Waals surface area contributed by atoms with Gasteiger partial charge in [0, 0.05) is 37.2 Å². The zero-order valence-electron chi connectivity index (χ0n) is 17.6. The van der Waals surface area contributed by atoms with Crippen molar-refractivity contribution in [2.24, 2.45) is 11.7 Å². The van der Waals surface area contributed by atoms with E-state index in [1.165, 1.54) is 4.57 Å². The fourth-order valence-electron chi connectivity index (χ4n) is 5.45. The molecule has 5 rings (SSSR count). The van der Waals surface area contributed by atoms with Crippen LogP contribution in [-0.2, 0) is 0 Å². The van der Waals surface area contributed by atoms with E-state index in [9.17, 15) is 23.5 Å². The molecule has 2 saturated carbocycles. The summed E-state index contributed by atoms with van der Waals surface area (Å²) in [5.41, 5.74) is 10.3. The molecule has 172 valence electrons. The van der Waals surface area contributed by atoms with Gasteiger partial charge < -0.3 is 26.0 Å². The van der Waals surface area contributed by atoms with Crippen molar-refractivity contribution in [3.05, 3.63) is 33.4 Å². The Morgan fingerprint density at radius 3 is 2.44 bits per heavy atom. The first-order valence-corrected chi connectivity index (χ1v) is 10.8. The van der Waals surface area contributed by atoms with Crippen LogP contribution < -0.4 is 21.8 Å². The van der Waals surface area contributed by atoms with Crippen molar-refractivity contribution in [1.82, 2.24) is 4.57 Å². The molecule has 3 fully saturated rings. The molecule has 2 unspecified atom stereocenters. The number of aromatic nitrogens is 1. The largest absolute Gasteiger partial charge is 0.477 e. The van der Waals surface area contributed by atoms with Gasteiger partial charge in [0.25, 0.3) is 0 Å². The zero-order chi connectivity index (χ0) is 23.1. The number of hydrogen-bond acceptors (Lipinski definition) is 5. The Bertz CT molecular complexity index is 1210. The number of anilines is 2. The molecule has 10 heteroatoms. The van der Waals surface area contributed by atoms with Crippen LogP contribution in [-0.4, -0.2) is 46.6 Å². The van der Waals surface area contributed by atoms with Crippen LogP contribution >= 0.6 is 0 Å². The molecule has 32 heavy (non-hydrogen) atoms. The van der Waals surface area contributed by atoms with Crippen molar-refractivity contribution in [1.29, 1.82) is 0 Å². The first-order valence-electron chi connectivity index (χ1n) is 10.8. The topological polar surface area (TPSA) is 115 Å². The molecule has 0 radical (unpaired) electrons. The van der Waals surface area contributed by atoms with Gasteiger partial charge in [-0.25, -0.2) is 18.0 Å². The van der Waals surface area contributed by atoms with Gasteiger partial charge in [0.1, 0.15) is 17.9 Å². The predicted molar refractivity (Wildman–Crippen MR) is 114 cm³/mol. The fraction of sp³-hybridized carbons (Fsp3) is 0.545. The Hall–Kier alpha value is -2.75. The molecule has 2 heterocycles. The molecule has 1 aliphatic heterocycles. The van der Waals surface area contributed by atoms with Crippen molar-refractivity contribution in [3.8, 4) is 0 Å². The van der Waals surface area contributed by atoms with Gasteiger partial charge in [0.05, 0.1) is 28.3 Å². The number of fused-ring (bicyclic) bond motifs is 1. The second-order valence-electron chi connectivity index (χ2n) is 9.44. The van der Waals surface area contributed by atoms with Gasteiger partial charge >= 0.3 is 5.97 Å². The lowest BCUT2D eigenvalue weighted by Gasteiger charge is -2.43. The number of carbonyl (C=O) groups is 1. The molecule has 1 aromatic heterocycles. The summed E-state index contributed by atoms with van der Waals surface area (Å²) in [6, 6.07) is -0.671. The maximum atomic E-state index is 15.5. The number of rotatable bonds is 4. The number of carboxylic acid groups (broad SMARTS) is 1. The summed E-state index contributed by atoms with van der Waals surface area (Å²) >= 11 is 0. The van der Waals surface area contributed by atoms with E-state index in [-0.39, 0.29) is 36.1 Å². The van der Waals surface area contributed by atoms with E-state index in [0.29, 0.717) is 18.4 Å². The standard InChI is InChI=1S/C22H25F3N4O3/c1-9-18-15(20(30)10(21(31)32)6-29(18)14-5-12(14)23)17(26)16(25)19(9)28-7-11(13(24)8-28)22(27)3-2-4-22/h6,11-14H,2-5,7-8,26-27H2,1H3,(H,31,32)/t11?,12-,13?,14-/m1/s1.